The van der Waals surface area contributed by atoms with Crippen molar-refractivity contribution in [2.75, 3.05) is 0 Å². The van der Waals surface area contributed by atoms with Gasteiger partial charge in [0.25, 0.3) is 0 Å². The third kappa shape index (κ3) is 3.80. The number of allylic oxidation sites excluding steroid dienone is 1. The SMILES string of the molecule is N#C/C(=C/c1cccc(OC(=O)c2cccs2)c1)c1nc2ccccc2s1. The zero-order valence-corrected chi connectivity index (χ0v) is 15.6. The van der Waals surface area contributed by atoms with Crippen molar-refractivity contribution < 1.29 is 9.53 Å². The molecule has 130 valence electrons. The Hall–Kier alpha value is -3.27. The Balaban J connectivity index is 1.62. The average Bonchev–Trinajstić information content (AvgIpc) is 3.36. The predicted octanol–water partition coefficient (Wildman–Crippen LogP) is 5.64. The highest BCUT2D eigenvalue weighted by atomic mass is 32.1. The van der Waals surface area contributed by atoms with Gasteiger partial charge < -0.3 is 4.74 Å². The van der Waals surface area contributed by atoms with Crippen molar-refractivity contribution >= 4 is 50.5 Å². The molecule has 0 saturated carbocycles. The fourth-order valence-electron chi connectivity index (χ4n) is 2.52. The first kappa shape index (κ1) is 17.2. The molecule has 0 aliphatic heterocycles. The molecule has 0 spiro atoms. The number of para-hydroxylation sites is 1. The minimum Gasteiger partial charge on any atom is -0.422 e. The first-order chi connectivity index (χ1) is 13.2. The highest BCUT2D eigenvalue weighted by Gasteiger charge is 2.11. The Morgan fingerprint density at radius 1 is 1.11 bits per heavy atom. The second kappa shape index (κ2) is 7.54. The summed E-state index contributed by atoms with van der Waals surface area (Å²) in [6, 6.07) is 20.6. The predicted molar refractivity (Wildman–Crippen MR) is 109 cm³/mol. The fourth-order valence-corrected chi connectivity index (χ4v) is 4.05. The number of hydrogen-bond acceptors (Lipinski definition) is 6. The van der Waals surface area contributed by atoms with Gasteiger partial charge in [-0.1, -0.05) is 30.3 Å². The number of benzene rings is 2. The number of fused-ring (bicyclic) bond motifs is 1. The van der Waals surface area contributed by atoms with Crippen molar-refractivity contribution in [3.05, 3.63) is 81.5 Å². The molecule has 2 aromatic heterocycles. The van der Waals surface area contributed by atoms with Gasteiger partial charge in [0, 0.05) is 0 Å². The lowest BCUT2D eigenvalue weighted by atomic mass is 10.1. The first-order valence-electron chi connectivity index (χ1n) is 8.06. The fraction of sp³-hybridized carbons (Fsp3) is 0. The van der Waals surface area contributed by atoms with E-state index in [9.17, 15) is 10.1 Å². The Morgan fingerprint density at radius 3 is 2.78 bits per heavy atom. The van der Waals surface area contributed by atoms with Gasteiger partial charge >= 0.3 is 5.97 Å². The number of carbonyl (C=O) groups excluding carboxylic acids is 1. The van der Waals surface area contributed by atoms with Crippen molar-refractivity contribution in [1.29, 1.82) is 5.26 Å². The van der Waals surface area contributed by atoms with E-state index >= 15 is 0 Å². The summed E-state index contributed by atoms with van der Waals surface area (Å²) in [5.41, 5.74) is 2.11. The maximum atomic E-state index is 12.1. The van der Waals surface area contributed by atoms with Gasteiger partial charge in [-0.25, -0.2) is 9.78 Å². The zero-order chi connectivity index (χ0) is 18.6. The lowest BCUT2D eigenvalue weighted by Gasteiger charge is -2.04. The van der Waals surface area contributed by atoms with E-state index in [0.717, 1.165) is 15.8 Å². The third-order valence-electron chi connectivity index (χ3n) is 3.75. The summed E-state index contributed by atoms with van der Waals surface area (Å²) < 4.78 is 6.45. The standard InChI is InChI=1S/C21H12N2O2S2/c22-13-15(20-23-17-7-1-2-8-18(17)27-20)11-14-5-3-6-16(12-14)25-21(24)19-9-4-10-26-19/h1-12H/b15-11-. The quantitative estimate of drug-likeness (QED) is 0.258. The zero-order valence-electron chi connectivity index (χ0n) is 14.0. The highest BCUT2D eigenvalue weighted by molar-refractivity contribution is 7.19. The number of ether oxygens (including phenoxy) is 1. The molecule has 0 saturated heterocycles. The van der Waals surface area contributed by atoms with Crippen molar-refractivity contribution in [2.24, 2.45) is 0 Å². The van der Waals surface area contributed by atoms with Crippen molar-refractivity contribution in [3.63, 3.8) is 0 Å². The molecule has 0 N–H and O–H groups in total. The summed E-state index contributed by atoms with van der Waals surface area (Å²) in [5.74, 6) is 0.0431. The summed E-state index contributed by atoms with van der Waals surface area (Å²) in [6.45, 7) is 0. The van der Waals surface area contributed by atoms with Gasteiger partial charge in [0.15, 0.2) is 0 Å². The molecule has 2 aromatic carbocycles. The van der Waals surface area contributed by atoms with Crippen molar-refractivity contribution in [1.82, 2.24) is 4.98 Å². The molecule has 27 heavy (non-hydrogen) atoms. The molecular formula is C21H12N2O2S2. The minimum absolute atomic E-state index is 0.391. The van der Waals surface area contributed by atoms with E-state index in [-0.39, 0.29) is 0 Å². The van der Waals surface area contributed by atoms with E-state index in [1.165, 1.54) is 22.7 Å². The van der Waals surface area contributed by atoms with E-state index in [1.807, 2.05) is 35.7 Å². The van der Waals surface area contributed by atoms with E-state index < -0.39 is 5.97 Å². The maximum absolute atomic E-state index is 12.1. The summed E-state index contributed by atoms with van der Waals surface area (Å²) >= 11 is 2.81. The highest BCUT2D eigenvalue weighted by Crippen LogP contribution is 2.28. The van der Waals surface area contributed by atoms with E-state index in [1.54, 1.807) is 36.4 Å². The number of rotatable bonds is 4. The number of carbonyl (C=O) groups is 1. The monoisotopic (exact) mass is 388 g/mol. The van der Waals surface area contributed by atoms with Gasteiger partial charge in [0.2, 0.25) is 0 Å². The van der Waals surface area contributed by atoms with Crippen LogP contribution in [0.5, 0.6) is 5.75 Å². The van der Waals surface area contributed by atoms with Gasteiger partial charge in [-0.2, -0.15) is 5.26 Å². The van der Waals surface area contributed by atoms with E-state index in [2.05, 4.69) is 11.1 Å². The second-order valence-electron chi connectivity index (χ2n) is 5.60. The molecule has 4 nitrogen and oxygen atoms in total. The summed E-state index contributed by atoms with van der Waals surface area (Å²) in [6.07, 6.45) is 1.75. The average molecular weight is 388 g/mol. The molecule has 0 fully saturated rings. The molecule has 6 heteroatoms. The lowest BCUT2D eigenvalue weighted by molar-refractivity contribution is 0.0740. The van der Waals surface area contributed by atoms with Gasteiger partial charge in [-0.15, -0.1) is 22.7 Å². The minimum atomic E-state index is -0.391. The molecule has 0 aliphatic carbocycles. The smallest absolute Gasteiger partial charge is 0.353 e. The number of nitrogens with zero attached hydrogens (tertiary/aromatic N) is 2. The van der Waals surface area contributed by atoms with Gasteiger partial charge in [0.1, 0.15) is 21.7 Å². The number of hydrogen-bond donors (Lipinski definition) is 0. The number of nitriles is 1. The molecule has 0 atom stereocenters. The van der Waals surface area contributed by atoms with Gasteiger partial charge in [-0.3, -0.25) is 0 Å². The summed E-state index contributed by atoms with van der Waals surface area (Å²) in [4.78, 5) is 17.2. The van der Waals surface area contributed by atoms with Crippen LogP contribution < -0.4 is 4.74 Å². The normalized spacial score (nSPS) is 11.3. The van der Waals surface area contributed by atoms with Crippen molar-refractivity contribution in [3.8, 4) is 11.8 Å². The molecule has 2 heterocycles. The topological polar surface area (TPSA) is 63.0 Å². The van der Waals surface area contributed by atoms with Crippen LogP contribution in [-0.4, -0.2) is 11.0 Å². The molecule has 0 aliphatic rings. The molecule has 4 aromatic rings. The maximum Gasteiger partial charge on any atom is 0.353 e. The van der Waals surface area contributed by atoms with Crippen LogP contribution in [-0.2, 0) is 0 Å². The Labute approximate surface area is 163 Å². The molecule has 0 amide bonds. The van der Waals surface area contributed by atoms with Crippen LogP contribution in [0.4, 0.5) is 0 Å². The van der Waals surface area contributed by atoms with Crippen LogP contribution >= 0.6 is 22.7 Å². The molecule has 0 unspecified atom stereocenters. The Bertz CT molecular complexity index is 1150. The van der Waals surface area contributed by atoms with Crippen LogP contribution in [0.1, 0.15) is 20.2 Å². The molecule has 0 radical (unpaired) electrons. The molecule has 4 rings (SSSR count). The second-order valence-corrected chi connectivity index (χ2v) is 7.57. The van der Waals surface area contributed by atoms with Crippen LogP contribution in [0.15, 0.2) is 66.0 Å². The van der Waals surface area contributed by atoms with Gasteiger partial charge in [0.05, 0.1) is 15.8 Å². The van der Waals surface area contributed by atoms with E-state index in [4.69, 9.17) is 4.74 Å². The van der Waals surface area contributed by atoms with Gasteiger partial charge in [-0.05, 0) is 47.4 Å². The number of thiazole rings is 1. The Morgan fingerprint density at radius 2 is 2.00 bits per heavy atom. The van der Waals surface area contributed by atoms with Crippen LogP contribution in [0.2, 0.25) is 0 Å². The first-order valence-corrected chi connectivity index (χ1v) is 9.76. The van der Waals surface area contributed by atoms with Crippen LogP contribution in [0, 0.1) is 11.3 Å². The molecular weight excluding hydrogens is 376 g/mol. The van der Waals surface area contributed by atoms with Crippen LogP contribution in [0.25, 0.3) is 21.9 Å². The number of esters is 1. The summed E-state index contributed by atoms with van der Waals surface area (Å²) in [5, 5.41) is 12.1. The summed E-state index contributed by atoms with van der Waals surface area (Å²) in [7, 11) is 0. The largest absolute Gasteiger partial charge is 0.422 e. The lowest BCUT2D eigenvalue weighted by Crippen LogP contribution is -2.06. The third-order valence-corrected chi connectivity index (χ3v) is 5.67. The van der Waals surface area contributed by atoms with Crippen molar-refractivity contribution in [2.45, 2.75) is 0 Å². The number of aromatic nitrogens is 1. The number of thiophene rings is 1. The Kier molecular flexibility index (Phi) is 4.79. The van der Waals surface area contributed by atoms with E-state index in [0.29, 0.717) is 21.2 Å². The molecule has 0 bridgehead atoms. The van der Waals surface area contributed by atoms with Crippen LogP contribution in [0.3, 0.4) is 0 Å².